The van der Waals surface area contributed by atoms with Crippen molar-refractivity contribution in [3.8, 4) is 0 Å². The molecule has 0 bridgehead atoms. The summed E-state index contributed by atoms with van der Waals surface area (Å²) in [4.78, 5) is 0. The summed E-state index contributed by atoms with van der Waals surface area (Å²) in [6, 6.07) is 12.1. The molecular weight excluding hydrogens is 232 g/mol. The lowest BCUT2D eigenvalue weighted by atomic mass is 10.0. The van der Waals surface area contributed by atoms with Gasteiger partial charge in [-0.3, -0.25) is 0 Å². The van der Waals surface area contributed by atoms with E-state index in [1.54, 1.807) is 0 Å². The molecule has 0 spiro atoms. The summed E-state index contributed by atoms with van der Waals surface area (Å²) >= 11 is 0. The molecule has 2 unspecified atom stereocenters. The standard InChI is InChI=1S/C17H28N2/c1-15(14-17-10-6-3-7-12-19-17)18-13-11-16-8-4-2-5-9-16/h2,4-5,8-9,15,17-19H,3,6-7,10-14H2,1H3. The highest BCUT2D eigenvalue weighted by molar-refractivity contribution is 5.14. The maximum Gasteiger partial charge on any atom is 0.00817 e. The fourth-order valence-electron chi connectivity index (χ4n) is 2.92. The van der Waals surface area contributed by atoms with Crippen molar-refractivity contribution < 1.29 is 0 Å². The zero-order chi connectivity index (χ0) is 13.3. The summed E-state index contributed by atoms with van der Waals surface area (Å²) in [7, 11) is 0. The Kier molecular flexibility index (Phi) is 6.38. The SMILES string of the molecule is CC(CC1CCCCCN1)NCCc1ccccc1. The molecule has 1 aliphatic heterocycles. The number of rotatable bonds is 6. The minimum atomic E-state index is 0.610. The normalized spacial score (nSPS) is 21.8. The summed E-state index contributed by atoms with van der Waals surface area (Å²) < 4.78 is 0. The van der Waals surface area contributed by atoms with E-state index in [2.05, 4.69) is 47.9 Å². The van der Waals surface area contributed by atoms with Crippen LogP contribution in [0.5, 0.6) is 0 Å². The fraction of sp³-hybridized carbons (Fsp3) is 0.647. The highest BCUT2D eigenvalue weighted by atomic mass is 14.9. The second-order valence-electron chi connectivity index (χ2n) is 5.83. The van der Waals surface area contributed by atoms with Crippen LogP contribution in [-0.4, -0.2) is 25.2 Å². The summed E-state index contributed by atoms with van der Waals surface area (Å²) in [6.45, 7) is 4.61. The van der Waals surface area contributed by atoms with E-state index >= 15 is 0 Å². The van der Waals surface area contributed by atoms with Gasteiger partial charge in [0.25, 0.3) is 0 Å². The van der Waals surface area contributed by atoms with Gasteiger partial charge in [-0.05, 0) is 51.3 Å². The van der Waals surface area contributed by atoms with Crippen LogP contribution in [0.1, 0.15) is 44.6 Å². The predicted octanol–water partition coefficient (Wildman–Crippen LogP) is 3.13. The Morgan fingerprint density at radius 3 is 2.89 bits per heavy atom. The van der Waals surface area contributed by atoms with Crippen molar-refractivity contribution in [2.24, 2.45) is 0 Å². The van der Waals surface area contributed by atoms with Gasteiger partial charge in [0.15, 0.2) is 0 Å². The third-order valence-corrected chi connectivity index (χ3v) is 4.05. The van der Waals surface area contributed by atoms with Crippen LogP contribution in [0.2, 0.25) is 0 Å². The van der Waals surface area contributed by atoms with Gasteiger partial charge in [0.2, 0.25) is 0 Å². The molecule has 1 aromatic rings. The molecular formula is C17H28N2. The molecule has 1 aromatic carbocycles. The van der Waals surface area contributed by atoms with Crippen LogP contribution >= 0.6 is 0 Å². The maximum absolute atomic E-state index is 3.68. The first-order chi connectivity index (χ1) is 9.34. The topological polar surface area (TPSA) is 24.1 Å². The third kappa shape index (κ3) is 5.75. The Bertz CT molecular complexity index is 328. The molecule has 2 rings (SSSR count). The molecule has 0 radical (unpaired) electrons. The van der Waals surface area contributed by atoms with Gasteiger partial charge in [-0.1, -0.05) is 43.2 Å². The average molecular weight is 260 g/mol. The van der Waals surface area contributed by atoms with Crippen LogP contribution in [0.25, 0.3) is 0 Å². The van der Waals surface area contributed by atoms with Gasteiger partial charge in [-0.2, -0.15) is 0 Å². The van der Waals surface area contributed by atoms with Gasteiger partial charge in [-0.15, -0.1) is 0 Å². The lowest BCUT2D eigenvalue weighted by Crippen LogP contribution is -2.37. The van der Waals surface area contributed by atoms with Crippen molar-refractivity contribution in [2.45, 2.75) is 57.5 Å². The van der Waals surface area contributed by atoms with Gasteiger partial charge < -0.3 is 10.6 Å². The van der Waals surface area contributed by atoms with Crippen molar-refractivity contribution in [1.29, 1.82) is 0 Å². The fourth-order valence-corrected chi connectivity index (χ4v) is 2.92. The Morgan fingerprint density at radius 2 is 2.05 bits per heavy atom. The van der Waals surface area contributed by atoms with Crippen LogP contribution in [-0.2, 0) is 6.42 Å². The van der Waals surface area contributed by atoms with Crippen molar-refractivity contribution in [3.05, 3.63) is 35.9 Å². The first-order valence-electron chi connectivity index (χ1n) is 7.85. The Hall–Kier alpha value is -0.860. The molecule has 2 nitrogen and oxygen atoms in total. The minimum absolute atomic E-state index is 0.610. The van der Waals surface area contributed by atoms with Gasteiger partial charge in [-0.25, -0.2) is 0 Å². The van der Waals surface area contributed by atoms with Crippen LogP contribution in [0, 0.1) is 0 Å². The number of benzene rings is 1. The van der Waals surface area contributed by atoms with E-state index in [1.165, 1.54) is 44.2 Å². The van der Waals surface area contributed by atoms with E-state index < -0.39 is 0 Å². The lowest BCUT2D eigenvalue weighted by Gasteiger charge is -2.21. The molecule has 2 heteroatoms. The van der Waals surface area contributed by atoms with Gasteiger partial charge in [0.1, 0.15) is 0 Å². The molecule has 0 saturated carbocycles. The minimum Gasteiger partial charge on any atom is -0.314 e. The smallest absolute Gasteiger partial charge is 0.00817 e. The molecule has 1 saturated heterocycles. The van der Waals surface area contributed by atoms with Crippen molar-refractivity contribution >= 4 is 0 Å². The van der Waals surface area contributed by atoms with Crippen LogP contribution < -0.4 is 10.6 Å². The quantitative estimate of drug-likeness (QED) is 0.821. The summed E-state index contributed by atoms with van der Waals surface area (Å²) in [5, 5.41) is 7.34. The molecule has 2 N–H and O–H groups in total. The molecule has 0 aliphatic carbocycles. The Balaban J connectivity index is 1.62. The second kappa shape index (κ2) is 8.34. The highest BCUT2D eigenvalue weighted by Crippen LogP contribution is 2.12. The third-order valence-electron chi connectivity index (χ3n) is 4.05. The van der Waals surface area contributed by atoms with E-state index in [9.17, 15) is 0 Å². The summed E-state index contributed by atoms with van der Waals surface area (Å²) in [5.74, 6) is 0. The molecule has 1 heterocycles. The largest absolute Gasteiger partial charge is 0.314 e. The maximum atomic E-state index is 3.68. The van der Waals surface area contributed by atoms with E-state index in [0.717, 1.165) is 19.0 Å². The van der Waals surface area contributed by atoms with Crippen molar-refractivity contribution in [3.63, 3.8) is 0 Å². The van der Waals surface area contributed by atoms with E-state index in [0.29, 0.717) is 6.04 Å². The van der Waals surface area contributed by atoms with Crippen molar-refractivity contribution in [2.75, 3.05) is 13.1 Å². The lowest BCUT2D eigenvalue weighted by molar-refractivity contribution is 0.405. The molecule has 1 aliphatic rings. The first-order valence-corrected chi connectivity index (χ1v) is 7.85. The van der Waals surface area contributed by atoms with E-state index in [1.807, 2.05) is 0 Å². The van der Waals surface area contributed by atoms with Crippen molar-refractivity contribution in [1.82, 2.24) is 10.6 Å². The molecule has 1 fully saturated rings. The second-order valence-corrected chi connectivity index (χ2v) is 5.83. The molecule has 0 aromatic heterocycles. The van der Waals surface area contributed by atoms with Gasteiger partial charge in [0.05, 0.1) is 0 Å². The molecule has 2 atom stereocenters. The monoisotopic (exact) mass is 260 g/mol. The van der Waals surface area contributed by atoms with Crippen LogP contribution in [0.3, 0.4) is 0 Å². The molecule has 0 amide bonds. The van der Waals surface area contributed by atoms with Gasteiger partial charge in [0, 0.05) is 12.1 Å². The molecule has 19 heavy (non-hydrogen) atoms. The molecule has 106 valence electrons. The highest BCUT2D eigenvalue weighted by Gasteiger charge is 2.14. The van der Waals surface area contributed by atoms with Crippen LogP contribution in [0.4, 0.5) is 0 Å². The van der Waals surface area contributed by atoms with Gasteiger partial charge >= 0.3 is 0 Å². The first kappa shape index (κ1) is 14.5. The zero-order valence-electron chi connectivity index (χ0n) is 12.2. The summed E-state index contributed by atoms with van der Waals surface area (Å²) in [5.41, 5.74) is 1.43. The number of hydrogen-bond donors (Lipinski definition) is 2. The van der Waals surface area contributed by atoms with Crippen LogP contribution in [0.15, 0.2) is 30.3 Å². The predicted molar refractivity (Wildman–Crippen MR) is 82.5 cm³/mol. The van der Waals surface area contributed by atoms with E-state index in [4.69, 9.17) is 0 Å². The Morgan fingerprint density at radius 1 is 1.21 bits per heavy atom. The number of nitrogens with one attached hydrogen (secondary N) is 2. The summed E-state index contributed by atoms with van der Waals surface area (Å²) in [6.07, 6.45) is 7.89. The number of hydrogen-bond acceptors (Lipinski definition) is 2. The zero-order valence-corrected chi connectivity index (χ0v) is 12.2. The van der Waals surface area contributed by atoms with E-state index in [-0.39, 0.29) is 0 Å². The Labute approximate surface area is 118 Å². The average Bonchev–Trinajstić information content (AvgIpc) is 2.68.